The molecular weight excluding hydrogens is 293 g/mol. The van der Waals surface area contributed by atoms with Gasteiger partial charge in [0.15, 0.2) is 0 Å². The SMILES string of the molecule is CC(C)N(C)CC(O)c1cc(Cl)c(N)c(C(F)(F)F)c1. The van der Waals surface area contributed by atoms with Gasteiger partial charge in [-0.1, -0.05) is 11.6 Å². The van der Waals surface area contributed by atoms with E-state index >= 15 is 0 Å². The Hall–Kier alpha value is -0.980. The first-order chi connectivity index (χ1) is 9.04. The van der Waals surface area contributed by atoms with Crippen molar-refractivity contribution in [1.29, 1.82) is 0 Å². The molecule has 0 bridgehead atoms. The van der Waals surface area contributed by atoms with Crippen LogP contribution < -0.4 is 5.73 Å². The topological polar surface area (TPSA) is 49.5 Å². The molecule has 20 heavy (non-hydrogen) atoms. The van der Waals surface area contributed by atoms with Crippen molar-refractivity contribution in [3.8, 4) is 0 Å². The molecule has 0 spiro atoms. The second kappa shape index (κ2) is 6.20. The maximum Gasteiger partial charge on any atom is 0.418 e. The second-order valence-electron chi connectivity index (χ2n) is 5.01. The van der Waals surface area contributed by atoms with E-state index in [2.05, 4.69) is 0 Å². The Morgan fingerprint density at radius 3 is 2.35 bits per heavy atom. The van der Waals surface area contributed by atoms with Crippen LogP contribution in [0.5, 0.6) is 0 Å². The monoisotopic (exact) mass is 310 g/mol. The molecule has 7 heteroatoms. The first-order valence-corrected chi connectivity index (χ1v) is 6.46. The standard InChI is InChI=1S/C13H18ClF3N2O/c1-7(2)19(3)6-11(20)8-4-9(13(15,16)17)12(18)10(14)5-8/h4-5,7,11,20H,6,18H2,1-3H3. The largest absolute Gasteiger partial charge is 0.418 e. The highest BCUT2D eigenvalue weighted by molar-refractivity contribution is 6.33. The summed E-state index contributed by atoms with van der Waals surface area (Å²) in [4.78, 5) is 1.82. The fourth-order valence-corrected chi connectivity index (χ4v) is 1.88. The zero-order valence-corrected chi connectivity index (χ0v) is 12.3. The summed E-state index contributed by atoms with van der Waals surface area (Å²) in [6.07, 6.45) is -5.67. The molecule has 3 N–H and O–H groups in total. The Morgan fingerprint density at radius 1 is 1.35 bits per heavy atom. The highest BCUT2D eigenvalue weighted by Crippen LogP contribution is 2.38. The number of rotatable bonds is 4. The number of nitrogens with two attached hydrogens (primary N) is 1. The number of halogens is 4. The molecule has 0 aliphatic heterocycles. The highest BCUT2D eigenvalue weighted by Gasteiger charge is 2.34. The smallest absolute Gasteiger partial charge is 0.397 e. The molecule has 0 aliphatic carbocycles. The Balaban J connectivity index is 3.11. The molecule has 3 nitrogen and oxygen atoms in total. The van der Waals surface area contributed by atoms with Crippen LogP contribution in [0.3, 0.4) is 0 Å². The molecule has 1 aromatic rings. The summed E-state index contributed by atoms with van der Waals surface area (Å²) in [7, 11) is 1.78. The number of nitrogens with zero attached hydrogens (tertiary/aromatic N) is 1. The Bertz CT molecular complexity index is 477. The lowest BCUT2D eigenvalue weighted by molar-refractivity contribution is -0.137. The molecule has 1 atom stereocenters. The van der Waals surface area contributed by atoms with Gasteiger partial charge in [-0.15, -0.1) is 0 Å². The van der Waals surface area contributed by atoms with Crippen molar-refractivity contribution < 1.29 is 18.3 Å². The first kappa shape index (κ1) is 17.1. The van der Waals surface area contributed by atoms with Gasteiger partial charge in [0, 0.05) is 12.6 Å². The summed E-state index contributed by atoms with van der Waals surface area (Å²) < 4.78 is 38.5. The van der Waals surface area contributed by atoms with E-state index in [1.54, 1.807) is 7.05 Å². The van der Waals surface area contributed by atoms with Crippen LogP contribution in [0, 0.1) is 0 Å². The summed E-state index contributed by atoms with van der Waals surface area (Å²) in [6, 6.07) is 2.28. The number of benzene rings is 1. The highest BCUT2D eigenvalue weighted by atomic mass is 35.5. The van der Waals surface area contributed by atoms with E-state index in [9.17, 15) is 18.3 Å². The average Bonchev–Trinajstić information content (AvgIpc) is 2.30. The lowest BCUT2D eigenvalue weighted by Gasteiger charge is -2.25. The molecule has 0 aliphatic rings. The third kappa shape index (κ3) is 4.01. The van der Waals surface area contributed by atoms with Gasteiger partial charge in [-0.05, 0) is 38.6 Å². The number of nitrogen functional groups attached to an aromatic ring is 1. The van der Waals surface area contributed by atoms with Crippen LogP contribution in [-0.4, -0.2) is 29.6 Å². The zero-order chi connectivity index (χ0) is 15.7. The number of anilines is 1. The predicted octanol–water partition coefficient (Wildman–Crippen LogP) is 3.31. The van der Waals surface area contributed by atoms with Crippen LogP contribution in [0.15, 0.2) is 12.1 Å². The van der Waals surface area contributed by atoms with Crippen LogP contribution in [0.25, 0.3) is 0 Å². The molecule has 0 radical (unpaired) electrons. The number of aliphatic hydroxyl groups is 1. The van der Waals surface area contributed by atoms with Crippen molar-refractivity contribution in [3.63, 3.8) is 0 Å². The van der Waals surface area contributed by atoms with E-state index in [4.69, 9.17) is 17.3 Å². The quantitative estimate of drug-likeness (QED) is 0.839. The van der Waals surface area contributed by atoms with Gasteiger partial charge in [0.05, 0.1) is 22.4 Å². The summed E-state index contributed by atoms with van der Waals surface area (Å²) in [5.74, 6) is 0. The van der Waals surface area contributed by atoms with E-state index in [1.165, 1.54) is 6.07 Å². The minimum atomic E-state index is -4.60. The molecule has 1 unspecified atom stereocenters. The lowest BCUT2D eigenvalue weighted by Crippen LogP contribution is -2.30. The first-order valence-electron chi connectivity index (χ1n) is 6.08. The van der Waals surface area contributed by atoms with Crippen molar-refractivity contribution in [2.75, 3.05) is 19.3 Å². The van der Waals surface area contributed by atoms with E-state index in [0.717, 1.165) is 6.07 Å². The number of alkyl halides is 3. The van der Waals surface area contributed by atoms with Crippen LogP contribution in [-0.2, 0) is 6.18 Å². The number of hydrogen-bond donors (Lipinski definition) is 2. The molecule has 0 heterocycles. The van der Waals surface area contributed by atoms with Gasteiger partial charge < -0.3 is 15.7 Å². The number of hydrogen-bond acceptors (Lipinski definition) is 3. The van der Waals surface area contributed by atoms with Crippen molar-refractivity contribution in [3.05, 3.63) is 28.3 Å². The summed E-state index contributed by atoms with van der Waals surface area (Å²) in [6.45, 7) is 4.04. The van der Waals surface area contributed by atoms with E-state index in [-0.39, 0.29) is 23.2 Å². The Morgan fingerprint density at radius 2 is 1.90 bits per heavy atom. The molecule has 0 amide bonds. The minimum Gasteiger partial charge on any atom is -0.397 e. The Kier molecular flexibility index (Phi) is 5.29. The molecule has 1 aromatic carbocycles. The second-order valence-corrected chi connectivity index (χ2v) is 5.42. The summed E-state index contributed by atoms with van der Waals surface area (Å²) in [5, 5.41) is 9.83. The van der Waals surface area contributed by atoms with Gasteiger partial charge >= 0.3 is 6.18 Å². The fourth-order valence-electron chi connectivity index (χ4n) is 1.65. The molecule has 0 saturated heterocycles. The van der Waals surface area contributed by atoms with E-state index in [1.807, 2.05) is 18.7 Å². The van der Waals surface area contributed by atoms with Gasteiger partial charge in [-0.3, -0.25) is 0 Å². The minimum absolute atomic E-state index is 0.101. The van der Waals surface area contributed by atoms with Crippen LogP contribution in [0.1, 0.15) is 31.1 Å². The molecular formula is C13H18ClF3N2O. The van der Waals surface area contributed by atoms with Gasteiger partial charge in [0.25, 0.3) is 0 Å². The average molecular weight is 311 g/mol. The van der Waals surface area contributed by atoms with E-state index < -0.39 is 23.5 Å². The van der Waals surface area contributed by atoms with Crippen LogP contribution >= 0.6 is 11.6 Å². The number of likely N-dealkylation sites (N-methyl/N-ethyl adjacent to an activating group) is 1. The fraction of sp³-hybridized carbons (Fsp3) is 0.538. The van der Waals surface area contributed by atoms with Crippen molar-refractivity contribution in [2.45, 2.75) is 32.2 Å². The lowest BCUT2D eigenvalue weighted by atomic mass is 10.0. The zero-order valence-electron chi connectivity index (χ0n) is 11.5. The molecule has 1 rings (SSSR count). The third-order valence-corrected chi connectivity index (χ3v) is 3.50. The van der Waals surface area contributed by atoms with Crippen LogP contribution in [0.2, 0.25) is 5.02 Å². The predicted molar refractivity (Wildman–Crippen MR) is 73.6 cm³/mol. The van der Waals surface area contributed by atoms with Crippen molar-refractivity contribution >= 4 is 17.3 Å². The van der Waals surface area contributed by atoms with Gasteiger partial charge in [-0.2, -0.15) is 13.2 Å². The third-order valence-electron chi connectivity index (χ3n) is 3.18. The maximum atomic E-state index is 12.8. The van der Waals surface area contributed by atoms with Crippen LogP contribution in [0.4, 0.5) is 18.9 Å². The van der Waals surface area contributed by atoms with Gasteiger partial charge in [0.1, 0.15) is 0 Å². The summed E-state index contributed by atoms with van der Waals surface area (Å²) in [5.41, 5.74) is 3.90. The van der Waals surface area contributed by atoms with E-state index in [0.29, 0.717) is 0 Å². The molecule has 114 valence electrons. The molecule has 0 saturated carbocycles. The van der Waals surface area contributed by atoms with Gasteiger partial charge in [0.2, 0.25) is 0 Å². The van der Waals surface area contributed by atoms with Crippen molar-refractivity contribution in [1.82, 2.24) is 4.90 Å². The van der Waals surface area contributed by atoms with Gasteiger partial charge in [-0.25, -0.2) is 0 Å². The Labute approximate surface area is 121 Å². The number of aliphatic hydroxyl groups excluding tert-OH is 1. The molecule has 0 fully saturated rings. The normalized spacial score (nSPS) is 14.1. The molecule has 0 aromatic heterocycles. The summed E-state index contributed by atoms with van der Waals surface area (Å²) >= 11 is 5.72. The van der Waals surface area contributed by atoms with Crippen molar-refractivity contribution in [2.24, 2.45) is 0 Å². The maximum absolute atomic E-state index is 12.8.